The molecule has 0 atom stereocenters. The van der Waals surface area contributed by atoms with Crippen LogP contribution in [0.25, 0.3) is 0 Å². The van der Waals surface area contributed by atoms with E-state index in [9.17, 15) is 4.79 Å². The van der Waals surface area contributed by atoms with Crippen LogP contribution in [0.1, 0.15) is 38.4 Å². The van der Waals surface area contributed by atoms with Gasteiger partial charge in [0.1, 0.15) is 5.82 Å². The number of carbonyl (C=O) groups is 1. The Bertz CT molecular complexity index is 321. The molecule has 0 aliphatic rings. The van der Waals surface area contributed by atoms with E-state index >= 15 is 0 Å². The predicted molar refractivity (Wildman–Crippen MR) is 62.1 cm³/mol. The fraction of sp³-hybridized carbons (Fsp3) is 0.667. The SMILES string of the molecule is CCOC(=O)CCCCCn1ccnc1C. The van der Waals surface area contributed by atoms with Gasteiger partial charge in [-0.25, -0.2) is 4.98 Å². The summed E-state index contributed by atoms with van der Waals surface area (Å²) >= 11 is 0. The number of hydrogen-bond donors (Lipinski definition) is 0. The maximum atomic E-state index is 11.1. The quantitative estimate of drug-likeness (QED) is 0.527. The van der Waals surface area contributed by atoms with Crippen molar-refractivity contribution in [3.63, 3.8) is 0 Å². The Labute approximate surface area is 96.6 Å². The number of rotatable bonds is 7. The Morgan fingerprint density at radius 1 is 1.44 bits per heavy atom. The summed E-state index contributed by atoms with van der Waals surface area (Å²) in [4.78, 5) is 15.2. The molecular weight excluding hydrogens is 204 g/mol. The summed E-state index contributed by atoms with van der Waals surface area (Å²) in [6, 6.07) is 0. The molecular formula is C12H20N2O2. The Balaban J connectivity index is 2.04. The van der Waals surface area contributed by atoms with E-state index in [-0.39, 0.29) is 5.97 Å². The number of nitrogens with zero attached hydrogens (tertiary/aromatic N) is 2. The van der Waals surface area contributed by atoms with Crippen molar-refractivity contribution in [1.29, 1.82) is 0 Å². The molecule has 1 heterocycles. The van der Waals surface area contributed by atoms with Crippen LogP contribution >= 0.6 is 0 Å². The minimum absolute atomic E-state index is 0.0821. The van der Waals surface area contributed by atoms with Crippen LogP contribution in [-0.2, 0) is 16.1 Å². The van der Waals surface area contributed by atoms with Gasteiger partial charge < -0.3 is 9.30 Å². The third-order valence-corrected chi connectivity index (χ3v) is 2.51. The van der Waals surface area contributed by atoms with Crippen LogP contribution in [0.4, 0.5) is 0 Å². The number of aryl methyl sites for hydroxylation is 2. The highest BCUT2D eigenvalue weighted by Crippen LogP contribution is 2.05. The molecule has 0 aliphatic carbocycles. The van der Waals surface area contributed by atoms with Crippen LogP contribution < -0.4 is 0 Å². The van der Waals surface area contributed by atoms with E-state index in [0.717, 1.165) is 31.6 Å². The van der Waals surface area contributed by atoms with Gasteiger partial charge in [-0.05, 0) is 26.7 Å². The summed E-state index contributed by atoms with van der Waals surface area (Å²) in [5.74, 6) is 0.965. The largest absolute Gasteiger partial charge is 0.466 e. The number of carbonyl (C=O) groups excluding carboxylic acids is 1. The molecule has 1 aromatic heterocycles. The summed E-state index contributed by atoms with van der Waals surface area (Å²) in [7, 11) is 0. The molecule has 0 saturated carbocycles. The molecule has 16 heavy (non-hydrogen) atoms. The number of unbranched alkanes of at least 4 members (excludes halogenated alkanes) is 2. The first-order valence-corrected chi connectivity index (χ1v) is 5.87. The standard InChI is InChI=1S/C12H20N2O2/c1-3-16-12(15)7-5-4-6-9-14-10-8-13-11(14)2/h8,10H,3-7,9H2,1-2H3. The lowest BCUT2D eigenvalue weighted by atomic mass is 10.2. The van der Waals surface area contributed by atoms with Gasteiger partial charge in [-0.2, -0.15) is 0 Å². The second kappa shape index (κ2) is 7.04. The highest BCUT2D eigenvalue weighted by atomic mass is 16.5. The van der Waals surface area contributed by atoms with Gasteiger partial charge in [0.05, 0.1) is 6.61 Å². The van der Waals surface area contributed by atoms with Gasteiger partial charge >= 0.3 is 5.97 Å². The van der Waals surface area contributed by atoms with Crippen molar-refractivity contribution >= 4 is 5.97 Å². The molecule has 90 valence electrons. The monoisotopic (exact) mass is 224 g/mol. The topological polar surface area (TPSA) is 44.1 Å². The number of imidazole rings is 1. The van der Waals surface area contributed by atoms with E-state index in [1.54, 1.807) is 0 Å². The maximum Gasteiger partial charge on any atom is 0.305 e. The molecule has 0 aliphatic heterocycles. The summed E-state index contributed by atoms with van der Waals surface area (Å²) in [5, 5.41) is 0. The molecule has 0 fully saturated rings. The molecule has 4 heteroatoms. The van der Waals surface area contributed by atoms with Gasteiger partial charge in [-0.1, -0.05) is 6.42 Å². The van der Waals surface area contributed by atoms with Crippen LogP contribution in [0.5, 0.6) is 0 Å². The zero-order valence-electron chi connectivity index (χ0n) is 10.1. The van der Waals surface area contributed by atoms with Crippen molar-refractivity contribution in [2.75, 3.05) is 6.61 Å². The van der Waals surface area contributed by atoms with Gasteiger partial charge in [0.2, 0.25) is 0 Å². The van der Waals surface area contributed by atoms with Gasteiger partial charge in [-0.15, -0.1) is 0 Å². The predicted octanol–water partition coefficient (Wildman–Crippen LogP) is 2.32. The number of hydrogen-bond acceptors (Lipinski definition) is 3. The van der Waals surface area contributed by atoms with Crippen LogP contribution in [0.15, 0.2) is 12.4 Å². The average molecular weight is 224 g/mol. The van der Waals surface area contributed by atoms with Gasteiger partial charge in [0.15, 0.2) is 0 Å². The molecule has 0 saturated heterocycles. The number of ether oxygens (including phenoxy) is 1. The zero-order valence-corrected chi connectivity index (χ0v) is 10.1. The van der Waals surface area contributed by atoms with E-state index in [2.05, 4.69) is 9.55 Å². The Morgan fingerprint density at radius 2 is 2.25 bits per heavy atom. The first-order chi connectivity index (χ1) is 7.74. The van der Waals surface area contributed by atoms with Crippen molar-refractivity contribution in [1.82, 2.24) is 9.55 Å². The molecule has 1 aromatic rings. The van der Waals surface area contributed by atoms with Crippen molar-refractivity contribution in [3.8, 4) is 0 Å². The van der Waals surface area contributed by atoms with E-state index in [1.165, 1.54) is 0 Å². The maximum absolute atomic E-state index is 11.1. The van der Waals surface area contributed by atoms with Crippen molar-refractivity contribution in [2.45, 2.75) is 46.1 Å². The van der Waals surface area contributed by atoms with Gasteiger partial charge in [0.25, 0.3) is 0 Å². The number of aromatic nitrogens is 2. The molecule has 1 rings (SSSR count). The lowest BCUT2D eigenvalue weighted by Crippen LogP contribution is -2.04. The third-order valence-electron chi connectivity index (χ3n) is 2.51. The second-order valence-corrected chi connectivity index (χ2v) is 3.78. The Morgan fingerprint density at radius 3 is 2.88 bits per heavy atom. The summed E-state index contributed by atoms with van der Waals surface area (Å²) in [5.41, 5.74) is 0. The summed E-state index contributed by atoms with van der Waals surface area (Å²) < 4.78 is 6.99. The molecule has 0 spiro atoms. The summed E-state index contributed by atoms with van der Waals surface area (Å²) in [6.45, 7) is 5.29. The van der Waals surface area contributed by atoms with Crippen molar-refractivity contribution in [2.24, 2.45) is 0 Å². The fourth-order valence-corrected chi connectivity index (χ4v) is 1.60. The molecule has 0 radical (unpaired) electrons. The number of esters is 1. The molecule has 4 nitrogen and oxygen atoms in total. The third kappa shape index (κ3) is 4.47. The molecule has 0 amide bonds. The van der Waals surface area contributed by atoms with Crippen LogP contribution in [0, 0.1) is 6.92 Å². The molecule has 0 bridgehead atoms. The van der Waals surface area contributed by atoms with Crippen LogP contribution in [0.2, 0.25) is 0 Å². The highest BCUT2D eigenvalue weighted by Gasteiger charge is 2.01. The minimum Gasteiger partial charge on any atom is -0.466 e. The van der Waals surface area contributed by atoms with Crippen molar-refractivity contribution < 1.29 is 9.53 Å². The normalized spacial score (nSPS) is 10.4. The van der Waals surface area contributed by atoms with E-state index < -0.39 is 0 Å². The minimum atomic E-state index is -0.0821. The Hall–Kier alpha value is -1.32. The first-order valence-electron chi connectivity index (χ1n) is 5.87. The van der Waals surface area contributed by atoms with Crippen LogP contribution in [-0.4, -0.2) is 22.1 Å². The highest BCUT2D eigenvalue weighted by molar-refractivity contribution is 5.69. The van der Waals surface area contributed by atoms with Crippen LogP contribution in [0.3, 0.4) is 0 Å². The van der Waals surface area contributed by atoms with E-state index in [4.69, 9.17) is 4.74 Å². The van der Waals surface area contributed by atoms with Gasteiger partial charge in [0, 0.05) is 25.4 Å². The lowest BCUT2D eigenvalue weighted by Gasteiger charge is -2.04. The first kappa shape index (κ1) is 12.7. The Kier molecular flexibility index (Phi) is 5.61. The van der Waals surface area contributed by atoms with E-state index in [1.807, 2.05) is 26.2 Å². The average Bonchev–Trinajstić information content (AvgIpc) is 2.64. The zero-order chi connectivity index (χ0) is 11.8. The lowest BCUT2D eigenvalue weighted by molar-refractivity contribution is -0.143. The van der Waals surface area contributed by atoms with E-state index in [0.29, 0.717) is 13.0 Å². The molecule has 0 unspecified atom stereocenters. The van der Waals surface area contributed by atoms with Gasteiger partial charge in [-0.3, -0.25) is 4.79 Å². The summed E-state index contributed by atoms with van der Waals surface area (Å²) in [6.07, 6.45) is 7.38. The smallest absolute Gasteiger partial charge is 0.305 e. The fourth-order valence-electron chi connectivity index (χ4n) is 1.60. The van der Waals surface area contributed by atoms with Crippen molar-refractivity contribution in [3.05, 3.63) is 18.2 Å². The second-order valence-electron chi connectivity index (χ2n) is 3.78. The molecule has 0 aromatic carbocycles. The molecule has 0 N–H and O–H groups in total.